The van der Waals surface area contributed by atoms with E-state index in [1.165, 1.54) is 0 Å². The van der Waals surface area contributed by atoms with Crippen LogP contribution in [0.4, 0.5) is 0 Å². The summed E-state index contributed by atoms with van der Waals surface area (Å²) in [6, 6.07) is 0.980. The number of ether oxygens (including phenoxy) is 1. The van der Waals surface area contributed by atoms with Crippen molar-refractivity contribution in [3.8, 4) is 0 Å². The van der Waals surface area contributed by atoms with Crippen molar-refractivity contribution in [2.45, 2.75) is 32.0 Å². The molecule has 2 atom stereocenters. The summed E-state index contributed by atoms with van der Waals surface area (Å²) in [5.74, 6) is 0. The van der Waals surface area contributed by atoms with Gasteiger partial charge in [-0.15, -0.1) is 0 Å². The van der Waals surface area contributed by atoms with Gasteiger partial charge in [0.1, 0.15) is 0 Å². The molecule has 2 heterocycles. The Hall–Kier alpha value is -0.160. The van der Waals surface area contributed by atoms with Crippen molar-refractivity contribution in [2.75, 3.05) is 39.4 Å². The predicted octanol–water partition coefficient (Wildman–Crippen LogP) is -0.228. The van der Waals surface area contributed by atoms with Gasteiger partial charge in [0.25, 0.3) is 0 Å². The quantitative estimate of drug-likeness (QED) is 0.689. The number of nitrogens with zero attached hydrogens (tertiary/aromatic N) is 2. The first-order valence-corrected chi connectivity index (χ1v) is 5.93. The second-order valence-corrected chi connectivity index (χ2v) is 4.78. The van der Waals surface area contributed by atoms with Crippen LogP contribution in [0, 0.1) is 0 Å². The molecule has 0 saturated carbocycles. The van der Waals surface area contributed by atoms with E-state index in [9.17, 15) is 5.11 Å². The number of hydrogen-bond acceptors (Lipinski definition) is 4. The fourth-order valence-corrected chi connectivity index (χ4v) is 2.58. The predicted molar refractivity (Wildman–Crippen MR) is 58.9 cm³/mol. The summed E-state index contributed by atoms with van der Waals surface area (Å²) in [5.41, 5.74) is 0. The first-order valence-electron chi connectivity index (χ1n) is 5.93. The van der Waals surface area contributed by atoms with Gasteiger partial charge in [-0.1, -0.05) is 0 Å². The normalized spacial score (nSPS) is 34.4. The van der Waals surface area contributed by atoms with Gasteiger partial charge in [-0.2, -0.15) is 0 Å². The minimum Gasteiger partial charge on any atom is -0.394 e. The molecule has 0 unspecified atom stereocenters. The Balaban J connectivity index is 2.00. The number of piperazine rings is 1. The van der Waals surface area contributed by atoms with Crippen molar-refractivity contribution in [3.05, 3.63) is 0 Å². The van der Waals surface area contributed by atoms with Crippen molar-refractivity contribution in [2.24, 2.45) is 0 Å². The second kappa shape index (κ2) is 4.78. The molecule has 2 saturated heterocycles. The van der Waals surface area contributed by atoms with E-state index in [2.05, 4.69) is 23.6 Å². The Bertz CT molecular complexity index is 205. The SMILES string of the molecule is CC(C)N1CCN2CCO[C@H](CO)[C@@H]2C1. The summed E-state index contributed by atoms with van der Waals surface area (Å²) < 4.78 is 5.61. The average molecular weight is 214 g/mol. The molecule has 4 heteroatoms. The minimum absolute atomic E-state index is 0.0142. The molecular formula is C11H22N2O2. The van der Waals surface area contributed by atoms with Crippen molar-refractivity contribution in [1.82, 2.24) is 9.80 Å². The number of hydrogen-bond donors (Lipinski definition) is 1. The molecule has 0 aromatic carbocycles. The van der Waals surface area contributed by atoms with Crippen molar-refractivity contribution in [1.29, 1.82) is 0 Å². The Kier molecular flexibility index (Phi) is 3.61. The average Bonchev–Trinajstić information content (AvgIpc) is 2.27. The zero-order chi connectivity index (χ0) is 10.8. The fraction of sp³-hybridized carbons (Fsp3) is 1.00. The number of rotatable bonds is 2. The Morgan fingerprint density at radius 2 is 2.13 bits per heavy atom. The molecule has 15 heavy (non-hydrogen) atoms. The Morgan fingerprint density at radius 3 is 2.80 bits per heavy atom. The van der Waals surface area contributed by atoms with E-state index < -0.39 is 0 Å². The molecule has 2 rings (SSSR count). The summed E-state index contributed by atoms with van der Waals surface area (Å²) >= 11 is 0. The van der Waals surface area contributed by atoms with Crippen LogP contribution in [0.3, 0.4) is 0 Å². The van der Waals surface area contributed by atoms with Gasteiger partial charge in [0.2, 0.25) is 0 Å². The Labute approximate surface area is 91.8 Å². The van der Waals surface area contributed by atoms with Crippen molar-refractivity contribution in [3.63, 3.8) is 0 Å². The van der Waals surface area contributed by atoms with Gasteiger partial charge in [-0.25, -0.2) is 0 Å². The van der Waals surface area contributed by atoms with Crippen molar-refractivity contribution < 1.29 is 9.84 Å². The highest BCUT2D eigenvalue weighted by Crippen LogP contribution is 2.20. The molecule has 2 fully saturated rings. The number of fused-ring (bicyclic) bond motifs is 1. The van der Waals surface area contributed by atoms with Crippen LogP contribution in [0.5, 0.6) is 0 Å². The lowest BCUT2D eigenvalue weighted by Gasteiger charge is -2.48. The van der Waals surface area contributed by atoms with E-state index in [0.717, 1.165) is 32.8 Å². The highest BCUT2D eigenvalue weighted by atomic mass is 16.5. The monoisotopic (exact) mass is 214 g/mol. The zero-order valence-electron chi connectivity index (χ0n) is 9.72. The molecule has 0 aromatic rings. The molecule has 0 spiro atoms. The third-order valence-electron chi connectivity index (χ3n) is 3.61. The first-order chi connectivity index (χ1) is 7.22. The molecule has 0 radical (unpaired) electrons. The molecule has 0 bridgehead atoms. The zero-order valence-corrected chi connectivity index (χ0v) is 9.72. The van der Waals surface area contributed by atoms with E-state index in [1.807, 2.05) is 0 Å². The molecule has 4 nitrogen and oxygen atoms in total. The van der Waals surface area contributed by atoms with Crippen LogP contribution in [0.15, 0.2) is 0 Å². The maximum atomic E-state index is 9.28. The third kappa shape index (κ3) is 2.33. The van der Waals surface area contributed by atoms with E-state index in [4.69, 9.17) is 4.74 Å². The summed E-state index contributed by atoms with van der Waals surface area (Å²) in [7, 11) is 0. The largest absolute Gasteiger partial charge is 0.394 e. The van der Waals surface area contributed by atoms with E-state index in [1.54, 1.807) is 0 Å². The fourth-order valence-electron chi connectivity index (χ4n) is 2.58. The lowest BCUT2D eigenvalue weighted by molar-refractivity contribution is -0.117. The van der Waals surface area contributed by atoms with Gasteiger partial charge in [0.05, 0.1) is 25.4 Å². The van der Waals surface area contributed by atoms with Crippen LogP contribution >= 0.6 is 0 Å². The summed E-state index contributed by atoms with van der Waals surface area (Å²) in [6.07, 6.45) is 0.0142. The summed E-state index contributed by atoms with van der Waals surface area (Å²) in [6.45, 7) is 9.68. The highest BCUT2D eigenvalue weighted by molar-refractivity contribution is 4.91. The summed E-state index contributed by atoms with van der Waals surface area (Å²) in [4.78, 5) is 4.93. The molecule has 2 aliphatic rings. The smallest absolute Gasteiger partial charge is 0.0973 e. The van der Waals surface area contributed by atoms with Crippen LogP contribution in [-0.4, -0.2) is 72.5 Å². The maximum Gasteiger partial charge on any atom is 0.0973 e. The minimum atomic E-state index is 0.0142. The molecule has 88 valence electrons. The maximum absolute atomic E-state index is 9.28. The summed E-state index contributed by atoms with van der Waals surface area (Å²) in [5, 5.41) is 9.28. The lowest BCUT2D eigenvalue weighted by Crippen LogP contribution is -2.63. The van der Waals surface area contributed by atoms with Crippen LogP contribution in [-0.2, 0) is 4.74 Å². The molecule has 0 aliphatic carbocycles. The molecular weight excluding hydrogens is 192 g/mol. The lowest BCUT2D eigenvalue weighted by atomic mass is 10.0. The van der Waals surface area contributed by atoms with Gasteiger partial charge in [0, 0.05) is 32.2 Å². The van der Waals surface area contributed by atoms with Crippen LogP contribution in [0.1, 0.15) is 13.8 Å². The van der Waals surface area contributed by atoms with Crippen LogP contribution < -0.4 is 0 Å². The Morgan fingerprint density at radius 1 is 1.33 bits per heavy atom. The highest BCUT2D eigenvalue weighted by Gasteiger charge is 2.36. The molecule has 2 aliphatic heterocycles. The number of morpholine rings is 1. The standard InChI is InChI=1S/C11H22N2O2/c1-9(2)13-4-3-12-5-6-15-11(8-14)10(12)7-13/h9-11,14H,3-8H2,1-2H3/t10-,11+/m0/s1. The van der Waals surface area contributed by atoms with Gasteiger partial charge in [0.15, 0.2) is 0 Å². The molecule has 1 N–H and O–H groups in total. The van der Waals surface area contributed by atoms with Gasteiger partial charge in [-0.05, 0) is 13.8 Å². The van der Waals surface area contributed by atoms with E-state index >= 15 is 0 Å². The molecule has 0 amide bonds. The van der Waals surface area contributed by atoms with Crippen LogP contribution in [0.2, 0.25) is 0 Å². The van der Waals surface area contributed by atoms with Gasteiger partial charge in [-0.3, -0.25) is 9.80 Å². The second-order valence-electron chi connectivity index (χ2n) is 4.78. The van der Waals surface area contributed by atoms with Gasteiger partial charge >= 0.3 is 0 Å². The van der Waals surface area contributed by atoms with E-state index in [-0.39, 0.29) is 12.7 Å². The van der Waals surface area contributed by atoms with Crippen molar-refractivity contribution >= 4 is 0 Å². The number of aliphatic hydroxyl groups is 1. The van der Waals surface area contributed by atoms with Crippen LogP contribution in [0.25, 0.3) is 0 Å². The van der Waals surface area contributed by atoms with E-state index in [0.29, 0.717) is 12.1 Å². The topological polar surface area (TPSA) is 35.9 Å². The van der Waals surface area contributed by atoms with Gasteiger partial charge < -0.3 is 9.84 Å². The molecule has 0 aromatic heterocycles. The first kappa shape index (κ1) is 11.3. The third-order valence-corrected chi connectivity index (χ3v) is 3.61. The number of aliphatic hydroxyl groups excluding tert-OH is 1.